The number of hydrogen-bond donors (Lipinski definition) is 0. The highest BCUT2D eigenvalue weighted by Gasteiger charge is 2.23. The van der Waals surface area contributed by atoms with Gasteiger partial charge in [-0.15, -0.1) is 0 Å². The topological polar surface area (TPSA) is 47.4 Å². The predicted octanol–water partition coefficient (Wildman–Crippen LogP) is 5.41. The first kappa shape index (κ1) is 22.1. The minimum Gasteiger partial charge on any atom is -0.453 e. The van der Waals surface area contributed by atoms with E-state index in [4.69, 9.17) is 33.0 Å². The summed E-state index contributed by atoms with van der Waals surface area (Å²) in [5.41, 5.74) is 2.02. The van der Waals surface area contributed by atoms with Crippen LogP contribution in [0.1, 0.15) is 45.0 Å². The van der Waals surface area contributed by atoms with Crippen LogP contribution >= 0.6 is 23.2 Å². The predicted molar refractivity (Wildman–Crippen MR) is 117 cm³/mol. The Bertz CT molecular complexity index is 838. The molecule has 2 aromatic rings. The summed E-state index contributed by atoms with van der Waals surface area (Å²) in [5, 5.41) is 5.91. The smallest absolute Gasteiger partial charge is 0.171 e. The molecule has 0 saturated carbocycles. The van der Waals surface area contributed by atoms with Gasteiger partial charge in [0.15, 0.2) is 5.75 Å². The maximum atomic E-state index is 11.6. The van der Waals surface area contributed by atoms with Crippen LogP contribution in [0.2, 0.25) is 10.0 Å². The number of benzene rings is 1. The summed E-state index contributed by atoms with van der Waals surface area (Å²) < 4.78 is 8.26. The zero-order chi connectivity index (χ0) is 21.0. The summed E-state index contributed by atoms with van der Waals surface area (Å²) in [5.74, 6) is 1.99. The van der Waals surface area contributed by atoms with Crippen LogP contribution in [0.4, 0.5) is 0 Å². The average molecular weight is 438 g/mol. The Kier molecular flexibility index (Phi) is 7.60. The molecular weight excluding hydrogens is 409 g/mol. The van der Waals surface area contributed by atoms with Crippen molar-refractivity contribution in [2.24, 2.45) is 5.92 Å². The summed E-state index contributed by atoms with van der Waals surface area (Å²) in [7, 11) is 0. The summed E-state index contributed by atoms with van der Waals surface area (Å²) in [6.45, 7) is 9.57. The highest BCUT2D eigenvalue weighted by Crippen LogP contribution is 2.33. The molecule has 29 heavy (non-hydrogen) atoms. The standard InChI is InChI=1S/C22H29Cl2N3O2/c1-4-20-22(29-19-13-17(23)12-18(24)14-19)21(5-2)27(25-20)11-10-26-8-6-16(7-9-26)15(3)28/h12-14,16H,4-11H2,1-3H3. The summed E-state index contributed by atoms with van der Waals surface area (Å²) >= 11 is 12.2. The molecule has 1 aromatic carbocycles. The molecule has 0 atom stereocenters. The van der Waals surface area contributed by atoms with Gasteiger partial charge in [0, 0.05) is 22.5 Å². The number of likely N-dealkylation sites (tertiary alicyclic amines) is 1. The number of carbonyl (C=O) groups excluding carboxylic acids is 1. The largest absolute Gasteiger partial charge is 0.453 e. The number of ketones is 1. The summed E-state index contributed by atoms with van der Waals surface area (Å²) in [4.78, 5) is 14.0. The molecule has 0 aliphatic carbocycles. The number of piperidine rings is 1. The average Bonchev–Trinajstić information content (AvgIpc) is 3.02. The van der Waals surface area contributed by atoms with Crippen molar-refractivity contribution in [1.82, 2.24) is 14.7 Å². The lowest BCUT2D eigenvalue weighted by Gasteiger charge is -2.30. The van der Waals surface area contributed by atoms with Gasteiger partial charge in [0.25, 0.3) is 0 Å². The number of hydrogen-bond acceptors (Lipinski definition) is 4. The van der Waals surface area contributed by atoms with E-state index in [1.807, 2.05) is 0 Å². The van der Waals surface area contributed by atoms with Gasteiger partial charge < -0.3 is 9.64 Å². The maximum Gasteiger partial charge on any atom is 0.171 e. The van der Waals surface area contributed by atoms with Crippen LogP contribution < -0.4 is 4.74 Å². The van der Waals surface area contributed by atoms with Crippen LogP contribution in [0.15, 0.2) is 18.2 Å². The first-order valence-corrected chi connectivity index (χ1v) is 11.1. The van der Waals surface area contributed by atoms with Crippen molar-refractivity contribution in [2.75, 3.05) is 19.6 Å². The molecule has 0 spiro atoms. The third kappa shape index (κ3) is 5.53. The van der Waals surface area contributed by atoms with Gasteiger partial charge in [-0.2, -0.15) is 5.10 Å². The van der Waals surface area contributed by atoms with E-state index in [2.05, 4.69) is 23.4 Å². The second-order valence-electron chi connectivity index (χ2n) is 7.59. The third-order valence-corrected chi connectivity index (χ3v) is 6.03. The molecule has 7 heteroatoms. The Hall–Kier alpha value is -1.56. The van der Waals surface area contributed by atoms with E-state index >= 15 is 0 Å². The van der Waals surface area contributed by atoms with Crippen molar-refractivity contribution in [1.29, 1.82) is 0 Å². The number of aryl methyl sites for hydroxylation is 1. The summed E-state index contributed by atoms with van der Waals surface area (Å²) in [6, 6.07) is 5.22. The first-order chi connectivity index (χ1) is 13.9. The van der Waals surface area contributed by atoms with Gasteiger partial charge >= 0.3 is 0 Å². The van der Waals surface area contributed by atoms with Gasteiger partial charge in [0.2, 0.25) is 0 Å². The molecule has 1 saturated heterocycles. The second-order valence-corrected chi connectivity index (χ2v) is 8.46. The number of halogens is 2. The molecule has 0 radical (unpaired) electrons. The quantitative estimate of drug-likeness (QED) is 0.553. The highest BCUT2D eigenvalue weighted by atomic mass is 35.5. The van der Waals surface area contributed by atoms with Crippen LogP contribution in [0.25, 0.3) is 0 Å². The molecule has 1 aromatic heterocycles. The van der Waals surface area contributed by atoms with Crippen molar-refractivity contribution in [2.45, 2.75) is 53.0 Å². The molecule has 0 amide bonds. The Labute approximate surface area is 182 Å². The number of nitrogens with zero attached hydrogens (tertiary/aromatic N) is 3. The maximum absolute atomic E-state index is 11.6. The van der Waals surface area contributed by atoms with Gasteiger partial charge in [0.1, 0.15) is 17.2 Å². The van der Waals surface area contributed by atoms with Gasteiger partial charge in [-0.05, 0) is 63.9 Å². The van der Waals surface area contributed by atoms with Gasteiger partial charge in [-0.1, -0.05) is 37.0 Å². The minimum atomic E-state index is 0.235. The molecule has 3 rings (SSSR count). The van der Waals surface area contributed by atoms with E-state index in [-0.39, 0.29) is 5.92 Å². The number of carbonyl (C=O) groups is 1. The molecule has 0 unspecified atom stereocenters. The molecule has 1 fully saturated rings. The zero-order valence-electron chi connectivity index (χ0n) is 17.4. The Balaban J connectivity index is 1.72. The number of Topliss-reactive ketones (excluding diaryl/α,β-unsaturated/α-hetero) is 1. The Morgan fingerprint density at radius 1 is 1.10 bits per heavy atom. The van der Waals surface area contributed by atoms with E-state index in [0.717, 1.165) is 69.0 Å². The van der Waals surface area contributed by atoms with E-state index in [1.54, 1.807) is 25.1 Å². The van der Waals surface area contributed by atoms with Crippen molar-refractivity contribution < 1.29 is 9.53 Å². The SMILES string of the molecule is CCc1nn(CCN2CCC(C(C)=O)CC2)c(CC)c1Oc1cc(Cl)cc(Cl)c1. The highest BCUT2D eigenvalue weighted by molar-refractivity contribution is 6.34. The van der Waals surface area contributed by atoms with Gasteiger partial charge in [-0.3, -0.25) is 9.48 Å². The summed E-state index contributed by atoms with van der Waals surface area (Å²) in [6.07, 6.45) is 3.52. The molecule has 1 aliphatic rings. The number of rotatable bonds is 8. The monoisotopic (exact) mass is 437 g/mol. The van der Waals surface area contributed by atoms with Gasteiger partial charge in [0.05, 0.1) is 12.2 Å². The van der Waals surface area contributed by atoms with Gasteiger partial charge in [-0.25, -0.2) is 0 Å². The fourth-order valence-electron chi connectivity index (χ4n) is 3.92. The third-order valence-electron chi connectivity index (χ3n) is 5.59. The molecule has 5 nitrogen and oxygen atoms in total. The van der Waals surface area contributed by atoms with Crippen LogP contribution in [-0.4, -0.2) is 40.1 Å². The van der Waals surface area contributed by atoms with E-state index in [0.29, 0.717) is 21.6 Å². The molecular formula is C22H29Cl2N3O2. The molecule has 0 bridgehead atoms. The lowest BCUT2D eigenvalue weighted by atomic mass is 9.93. The Morgan fingerprint density at radius 3 is 2.31 bits per heavy atom. The zero-order valence-corrected chi connectivity index (χ0v) is 18.9. The van der Waals surface area contributed by atoms with E-state index in [1.165, 1.54) is 0 Å². The van der Waals surface area contributed by atoms with Crippen LogP contribution in [-0.2, 0) is 24.2 Å². The minimum absolute atomic E-state index is 0.235. The first-order valence-electron chi connectivity index (χ1n) is 10.4. The number of ether oxygens (including phenoxy) is 1. The lowest BCUT2D eigenvalue weighted by Crippen LogP contribution is -2.37. The number of aromatic nitrogens is 2. The molecule has 0 N–H and O–H groups in total. The molecule has 158 valence electrons. The van der Waals surface area contributed by atoms with Crippen LogP contribution in [0, 0.1) is 5.92 Å². The molecule has 1 aliphatic heterocycles. The van der Waals surface area contributed by atoms with Crippen molar-refractivity contribution >= 4 is 29.0 Å². The molecule has 2 heterocycles. The van der Waals surface area contributed by atoms with Crippen molar-refractivity contribution in [3.05, 3.63) is 39.6 Å². The fourth-order valence-corrected chi connectivity index (χ4v) is 4.42. The van der Waals surface area contributed by atoms with Crippen LogP contribution in [0.3, 0.4) is 0 Å². The second kappa shape index (κ2) is 9.96. The normalized spacial score (nSPS) is 15.6. The van der Waals surface area contributed by atoms with Crippen LogP contribution in [0.5, 0.6) is 11.5 Å². The van der Waals surface area contributed by atoms with Crippen molar-refractivity contribution in [3.8, 4) is 11.5 Å². The van der Waals surface area contributed by atoms with E-state index < -0.39 is 0 Å². The van der Waals surface area contributed by atoms with E-state index in [9.17, 15) is 4.79 Å². The lowest BCUT2D eigenvalue weighted by molar-refractivity contribution is -0.122. The fraction of sp³-hybridized carbons (Fsp3) is 0.545. The Morgan fingerprint density at radius 2 is 1.76 bits per heavy atom. The van der Waals surface area contributed by atoms with Crippen molar-refractivity contribution in [3.63, 3.8) is 0 Å².